The van der Waals surface area contributed by atoms with Crippen molar-refractivity contribution < 1.29 is 0 Å². The fourth-order valence-corrected chi connectivity index (χ4v) is 6.11. The lowest BCUT2D eigenvalue weighted by atomic mass is 9.71. The van der Waals surface area contributed by atoms with Crippen LogP contribution in [0.4, 0.5) is 0 Å². The third kappa shape index (κ3) is 1.82. The van der Waals surface area contributed by atoms with Crippen LogP contribution in [0.3, 0.4) is 0 Å². The second kappa shape index (κ2) is 4.28. The minimum atomic E-state index is 0.0165. The van der Waals surface area contributed by atoms with Gasteiger partial charge in [-0.2, -0.15) is 5.26 Å². The molecule has 0 saturated heterocycles. The highest BCUT2D eigenvalue weighted by Gasteiger charge is 2.52. The Morgan fingerprint density at radius 1 is 1.32 bits per heavy atom. The number of benzene rings is 1. The molecule has 0 amide bonds. The van der Waals surface area contributed by atoms with Gasteiger partial charge in [-0.05, 0) is 55.6 Å². The quantitative estimate of drug-likeness (QED) is 0.793. The first-order valence-electron chi connectivity index (χ1n) is 7.45. The molecule has 98 valence electrons. The van der Waals surface area contributed by atoms with Crippen molar-refractivity contribution in [2.45, 2.75) is 48.7 Å². The summed E-state index contributed by atoms with van der Waals surface area (Å²) in [5.41, 5.74) is 1.51. The highest BCUT2D eigenvalue weighted by molar-refractivity contribution is 8.00. The summed E-state index contributed by atoms with van der Waals surface area (Å²) in [4.78, 5) is 1.45. The number of thioether (sulfide) groups is 1. The van der Waals surface area contributed by atoms with E-state index in [0.29, 0.717) is 11.2 Å². The Morgan fingerprint density at radius 3 is 2.89 bits per heavy atom. The third-order valence-electron chi connectivity index (χ3n) is 5.50. The van der Waals surface area contributed by atoms with Crippen LogP contribution in [0.2, 0.25) is 0 Å². The molecule has 1 nitrogen and oxygen atoms in total. The number of nitrogens with zero attached hydrogens (tertiary/aromatic N) is 1. The maximum absolute atomic E-state index is 9.76. The maximum Gasteiger partial charge on any atom is 0.0693 e. The van der Waals surface area contributed by atoms with Gasteiger partial charge in [0.15, 0.2) is 0 Å². The van der Waals surface area contributed by atoms with Crippen LogP contribution in [0.1, 0.15) is 37.7 Å². The molecule has 1 heterocycles. The second-order valence-electron chi connectivity index (χ2n) is 6.60. The summed E-state index contributed by atoms with van der Waals surface area (Å²) in [5, 5.41) is 10.4. The van der Waals surface area contributed by atoms with Gasteiger partial charge in [-0.25, -0.2) is 0 Å². The summed E-state index contributed by atoms with van der Waals surface area (Å²) in [7, 11) is 0. The molecule has 4 atom stereocenters. The first-order valence-corrected chi connectivity index (χ1v) is 8.33. The summed E-state index contributed by atoms with van der Waals surface area (Å²) < 4.78 is 0. The highest BCUT2D eigenvalue weighted by atomic mass is 32.2. The number of nitriles is 1. The molecular formula is C17H19NS. The standard InChI is InChI=1S/C17H19NS/c18-11-17(9-12-5-6-14(17)7-12)10-15-8-13-3-1-2-4-16(13)19-15/h1-4,12,14-15H,5-10H2. The normalized spacial score (nSPS) is 39.2. The summed E-state index contributed by atoms with van der Waals surface area (Å²) in [6.45, 7) is 0. The van der Waals surface area contributed by atoms with E-state index in [1.807, 2.05) is 11.8 Å². The lowest BCUT2D eigenvalue weighted by Gasteiger charge is -2.33. The first-order chi connectivity index (χ1) is 9.29. The lowest BCUT2D eigenvalue weighted by Crippen LogP contribution is -2.29. The van der Waals surface area contributed by atoms with E-state index in [1.54, 1.807) is 0 Å². The van der Waals surface area contributed by atoms with Gasteiger partial charge in [-0.15, -0.1) is 11.8 Å². The van der Waals surface area contributed by atoms with Crippen LogP contribution in [0, 0.1) is 28.6 Å². The molecule has 1 aromatic carbocycles. The fourth-order valence-electron chi connectivity index (χ4n) is 4.65. The molecule has 4 rings (SSSR count). The Hall–Kier alpha value is -0.940. The third-order valence-corrected chi connectivity index (χ3v) is 6.82. The number of hydrogen-bond donors (Lipinski definition) is 0. The molecular weight excluding hydrogens is 250 g/mol. The molecule has 1 aliphatic heterocycles. The zero-order chi connectivity index (χ0) is 12.9. The highest BCUT2D eigenvalue weighted by Crippen LogP contribution is 2.59. The van der Waals surface area contributed by atoms with Crippen LogP contribution in [-0.4, -0.2) is 5.25 Å². The van der Waals surface area contributed by atoms with E-state index in [2.05, 4.69) is 30.3 Å². The molecule has 2 saturated carbocycles. The van der Waals surface area contributed by atoms with Crippen molar-refractivity contribution in [3.63, 3.8) is 0 Å². The van der Waals surface area contributed by atoms with Gasteiger partial charge < -0.3 is 0 Å². The smallest absolute Gasteiger partial charge is 0.0693 e. The van der Waals surface area contributed by atoms with Crippen LogP contribution < -0.4 is 0 Å². The van der Waals surface area contributed by atoms with E-state index < -0.39 is 0 Å². The van der Waals surface area contributed by atoms with Crippen LogP contribution in [0.5, 0.6) is 0 Å². The maximum atomic E-state index is 9.76. The monoisotopic (exact) mass is 269 g/mol. The van der Waals surface area contributed by atoms with Gasteiger partial charge in [0, 0.05) is 10.1 Å². The molecule has 1 aromatic rings. The van der Waals surface area contributed by atoms with E-state index in [9.17, 15) is 5.26 Å². The average molecular weight is 269 g/mol. The van der Waals surface area contributed by atoms with Crippen LogP contribution in [0.25, 0.3) is 0 Å². The Labute approximate surface area is 119 Å². The lowest BCUT2D eigenvalue weighted by molar-refractivity contribution is 0.222. The molecule has 3 aliphatic rings. The van der Waals surface area contributed by atoms with Crippen molar-refractivity contribution in [3.8, 4) is 6.07 Å². The van der Waals surface area contributed by atoms with E-state index in [1.165, 1.54) is 42.6 Å². The Morgan fingerprint density at radius 2 is 2.21 bits per heavy atom. The van der Waals surface area contributed by atoms with Gasteiger partial charge in [0.25, 0.3) is 0 Å². The number of fused-ring (bicyclic) bond motifs is 3. The number of rotatable bonds is 2. The summed E-state index contributed by atoms with van der Waals surface area (Å²) >= 11 is 2.01. The SMILES string of the molecule is N#CC1(CC2Cc3ccccc3S2)CC2CCC1C2. The molecule has 0 N–H and O–H groups in total. The summed E-state index contributed by atoms with van der Waals surface area (Å²) in [6.07, 6.45) is 7.49. The minimum absolute atomic E-state index is 0.0165. The van der Waals surface area contributed by atoms with Crippen LogP contribution in [0.15, 0.2) is 29.2 Å². The van der Waals surface area contributed by atoms with Crippen molar-refractivity contribution in [2.75, 3.05) is 0 Å². The topological polar surface area (TPSA) is 23.8 Å². The Kier molecular flexibility index (Phi) is 2.67. The van der Waals surface area contributed by atoms with Crippen molar-refractivity contribution in [1.29, 1.82) is 5.26 Å². The van der Waals surface area contributed by atoms with Crippen molar-refractivity contribution >= 4 is 11.8 Å². The molecule has 2 heteroatoms. The molecule has 0 aromatic heterocycles. The van der Waals surface area contributed by atoms with Crippen LogP contribution >= 0.6 is 11.8 Å². The van der Waals surface area contributed by atoms with Gasteiger partial charge >= 0.3 is 0 Å². The zero-order valence-electron chi connectivity index (χ0n) is 11.1. The van der Waals surface area contributed by atoms with E-state index in [4.69, 9.17) is 0 Å². The molecule has 0 radical (unpaired) electrons. The molecule has 2 bridgehead atoms. The molecule has 19 heavy (non-hydrogen) atoms. The fraction of sp³-hybridized carbons (Fsp3) is 0.588. The van der Waals surface area contributed by atoms with Gasteiger partial charge in [-0.1, -0.05) is 24.6 Å². The van der Waals surface area contributed by atoms with Gasteiger partial charge in [0.2, 0.25) is 0 Å². The predicted molar refractivity (Wildman–Crippen MR) is 77.9 cm³/mol. The van der Waals surface area contributed by atoms with Gasteiger partial charge in [0.05, 0.1) is 11.5 Å². The van der Waals surface area contributed by atoms with Gasteiger partial charge in [0.1, 0.15) is 0 Å². The minimum Gasteiger partial charge on any atom is -0.198 e. The largest absolute Gasteiger partial charge is 0.198 e. The molecule has 0 spiro atoms. The van der Waals surface area contributed by atoms with Crippen LogP contribution in [-0.2, 0) is 6.42 Å². The Balaban J connectivity index is 1.53. The molecule has 4 unspecified atom stereocenters. The average Bonchev–Trinajstić information content (AvgIpc) is 3.11. The van der Waals surface area contributed by atoms with Crippen molar-refractivity contribution in [2.24, 2.45) is 17.3 Å². The number of hydrogen-bond acceptors (Lipinski definition) is 2. The first kappa shape index (κ1) is 11.9. The van der Waals surface area contributed by atoms with Gasteiger partial charge in [-0.3, -0.25) is 0 Å². The zero-order valence-corrected chi connectivity index (χ0v) is 12.0. The Bertz CT molecular complexity index is 521. The molecule has 2 fully saturated rings. The van der Waals surface area contributed by atoms with E-state index in [0.717, 1.165) is 12.3 Å². The second-order valence-corrected chi connectivity index (χ2v) is 7.95. The van der Waals surface area contributed by atoms with Crippen molar-refractivity contribution in [1.82, 2.24) is 0 Å². The molecule has 2 aliphatic carbocycles. The predicted octanol–water partition coefficient (Wildman–Crippen LogP) is 4.42. The van der Waals surface area contributed by atoms with E-state index in [-0.39, 0.29) is 5.41 Å². The summed E-state index contributed by atoms with van der Waals surface area (Å²) in [5.74, 6) is 1.56. The van der Waals surface area contributed by atoms with E-state index >= 15 is 0 Å². The van der Waals surface area contributed by atoms with Crippen molar-refractivity contribution in [3.05, 3.63) is 29.8 Å². The summed E-state index contributed by atoms with van der Waals surface area (Å²) in [6, 6.07) is 11.5.